The van der Waals surface area contributed by atoms with Crippen molar-refractivity contribution in [1.29, 1.82) is 0 Å². The average Bonchev–Trinajstić information content (AvgIpc) is 3.23. The highest BCUT2D eigenvalue weighted by Crippen LogP contribution is 2.28. The lowest BCUT2D eigenvalue weighted by Crippen LogP contribution is -2.44. The number of rotatable bonds is 11. The second-order valence-electron chi connectivity index (χ2n) is 6.89. The maximum absolute atomic E-state index is 5.85. The molecule has 0 saturated carbocycles. The molecule has 2 rings (SSSR count). The number of nitrogens with one attached hydrogen (secondary N) is 2. The third-order valence-electron chi connectivity index (χ3n) is 4.54. The Kier molecular flexibility index (Phi) is 9.93. The SMILES string of the molecule is CCOc1cc(CCCNC(=NC)NC(C)COC2CCOC2)ccc1OC. The van der Waals surface area contributed by atoms with Crippen molar-refractivity contribution in [2.45, 2.75) is 45.3 Å². The summed E-state index contributed by atoms with van der Waals surface area (Å²) in [6, 6.07) is 6.29. The second-order valence-corrected chi connectivity index (χ2v) is 6.89. The molecular formula is C21H35N3O4. The first-order valence-electron chi connectivity index (χ1n) is 10.1. The highest BCUT2D eigenvalue weighted by atomic mass is 16.5. The molecule has 1 saturated heterocycles. The number of benzene rings is 1. The van der Waals surface area contributed by atoms with Crippen molar-refractivity contribution in [3.05, 3.63) is 23.8 Å². The summed E-state index contributed by atoms with van der Waals surface area (Å²) in [6.07, 6.45) is 3.15. The lowest BCUT2D eigenvalue weighted by molar-refractivity contribution is 0.0347. The van der Waals surface area contributed by atoms with Crippen molar-refractivity contribution in [2.24, 2.45) is 4.99 Å². The van der Waals surface area contributed by atoms with Crippen molar-refractivity contribution in [3.63, 3.8) is 0 Å². The van der Waals surface area contributed by atoms with Crippen LogP contribution in [0.4, 0.5) is 0 Å². The molecule has 2 N–H and O–H groups in total. The van der Waals surface area contributed by atoms with E-state index in [1.807, 2.05) is 13.0 Å². The van der Waals surface area contributed by atoms with Crippen molar-refractivity contribution in [1.82, 2.24) is 10.6 Å². The zero-order valence-electron chi connectivity index (χ0n) is 17.6. The lowest BCUT2D eigenvalue weighted by Gasteiger charge is -2.19. The minimum atomic E-state index is 0.183. The van der Waals surface area contributed by atoms with Gasteiger partial charge in [-0.2, -0.15) is 0 Å². The molecule has 158 valence electrons. The predicted octanol–water partition coefficient (Wildman–Crippen LogP) is 2.39. The molecule has 1 aliphatic rings. The molecule has 0 aliphatic carbocycles. The van der Waals surface area contributed by atoms with Gasteiger partial charge in [0.05, 0.1) is 33.0 Å². The summed E-state index contributed by atoms with van der Waals surface area (Å²) in [6.45, 7) is 7.67. The average molecular weight is 394 g/mol. The zero-order chi connectivity index (χ0) is 20.2. The van der Waals surface area contributed by atoms with E-state index in [1.165, 1.54) is 5.56 Å². The molecule has 1 aromatic carbocycles. The monoisotopic (exact) mass is 393 g/mol. The van der Waals surface area contributed by atoms with Crippen LogP contribution in [0.2, 0.25) is 0 Å². The van der Waals surface area contributed by atoms with Crippen LogP contribution in [0, 0.1) is 0 Å². The van der Waals surface area contributed by atoms with Crippen LogP contribution >= 0.6 is 0 Å². The molecule has 1 aliphatic heterocycles. The van der Waals surface area contributed by atoms with Crippen LogP contribution in [0.5, 0.6) is 11.5 Å². The molecule has 1 fully saturated rings. The fourth-order valence-electron chi connectivity index (χ4n) is 3.04. The molecule has 2 atom stereocenters. The number of nitrogens with zero attached hydrogens (tertiary/aromatic N) is 1. The van der Waals surface area contributed by atoms with Crippen LogP contribution in [0.3, 0.4) is 0 Å². The van der Waals surface area contributed by atoms with Crippen molar-refractivity contribution in [2.75, 3.05) is 47.1 Å². The molecule has 1 heterocycles. The summed E-state index contributed by atoms with van der Waals surface area (Å²) in [7, 11) is 3.44. The Morgan fingerprint density at radius 1 is 1.36 bits per heavy atom. The van der Waals surface area contributed by atoms with Gasteiger partial charge in [0, 0.05) is 26.2 Å². The van der Waals surface area contributed by atoms with Gasteiger partial charge >= 0.3 is 0 Å². The second kappa shape index (κ2) is 12.5. The van der Waals surface area contributed by atoms with Crippen molar-refractivity contribution in [3.8, 4) is 11.5 Å². The predicted molar refractivity (Wildman–Crippen MR) is 112 cm³/mol. The number of aliphatic imine (C=N–C) groups is 1. The van der Waals surface area contributed by atoms with Gasteiger partial charge in [0.25, 0.3) is 0 Å². The van der Waals surface area contributed by atoms with Crippen LogP contribution in [0.25, 0.3) is 0 Å². The van der Waals surface area contributed by atoms with Gasteiger partial charge in [0.15, 0.2) is 17.5 Å². The quantitative estimate of drug-likeness (QED) is 0.342. The third-order valence-corrected chi connectivity index (χ3v) is 4.54. The van der Waals surface area contributed by atoms with Gasteiger partial charge in [-0.05, 0) is 50.8 Å². The topological polar surface area (TPSA) is 73.3 Å². The highest BCUT2D eigenvalue weighted by molar-refractivity contribution is 5.79. The minimum absolute atomic E-state index is 0.183. The van der Waals surface area contributed by atoms with E-state index >= 15 is 0 Å². The largest absolute Gasteiger partial charge is 0.493 e. The zero-order valence-corrected chi connectivity index (χ0v) is 17.6. The van der Waals surface area contributed by atoms with E-state index < -0.39 is 0 Å². The Morgan fingerprint density at radius 2 is 2.21 bits per heavy atom. The van der Waals surface area contributed by atoms with E-state index in [9.17, 15) is 0 Å². The summed E-state index contributed by atoms with van der Waals surface area (Å²) in [5, 5.41) is 6.73. The Bertz CT molecular complexity index is 603. The Morgan fingerprint density at radius 3 is 2.89 bits per heavy atom. The molecule has 7 heteroatoms. The number of ether oxygens (including phenoxy) is 4. The first-order chi connectivity index (χ1) is 13.7. The van der Waals surface area contributed by atoms with E-state index in [4.69, 9.17) is 18.9 Å². The van der Waals surface area contributed by atoms with Gasteiger partial charge in [-0.25, -0.2) is 0 Å². The number of hydrogen-bond donors (Lipinski definition) is 2. The van der Waals surface area contributed by atoms with Gasteiger partial charge in [0.1, 0.15) is 0 Å². The Balaban J connectivity index is 1.68. The summed E-state index contributed by atoms with van der Waals surface area (Å²) < 4.78 is 22.2. The molecule has 7 nitrogen and oxygen atoms in total. The summed E-state index contributed by atoms with van der Waals surface area (Å²) in [5.41, 5.74) is 1.23. The van der Waals surface area contributed by atoms with Crippen LogP contribution in [0.1, 0.15) is 32.3 Å². The normalized spacial score (nSPS) is 18.0. The number of aryl methyl sites for hydroxylation is 1. The van der Waals surface area contributed by atoms with E-state index in [0.717, 1.165) is 49.9 Å². The van der Waals surface area contributed by atoms with Crippen LogP contribution in [-0.2, 0) is 15.9 Å². The van der Waals surface area contributed by atoms with Gasteiger partial charge in [0.2, 0.25) is 0 Å². The minimum Gasteiger partial charge on any atom is -0.493 e. The fourth-order valence-corrected chi connectivity index (χ4v) is 3.04. The molecule has 0 bridgehead atoms. The van der Waals surface area contributed by atoms with Crippen LogP contribution in [0.15, 0.2) is 23.2 Å². The summed E-state index contributed by atoms with van der Waals surface area (Å²) in [4.78, 5) is 4.29. The number of hydrogen-bond acceptors (Lipinski definition) is 5. The molecule has 2 unspecified atom stereocenters. The molecule has 0 spiro atoms. The first kappa shape index (κ1) is 22.3. The fraction of sp³-hybridized carbons (Fsp3) is 0.667. The molecule has 0 aromatic heterocycles. The summed E-state index contributed by atoms with van der Waals surface area (Å²) in [5.74, 6) is 2.37. The van der Waals surface area contributed by atoms with Gasteiger partial charge < -0.3 is 29.6 Å². The van der Waals surface area contributed by atoms with Crippen LogP contribution < -0.4 is 20.1 Å². The van der Waals surface area contributed by atoms with Gasteiger partial charge in [-0.3, -0.25) is 4.99 Å². The molecule has 28 heavy (non-hydrogen) atoms. The standard InChI is InChI=1S/C21H35N3O4/c1-5-27-20-13-17(8-9-19(20)25-4)7-6-11-23-21(22-3)24-16(2)14-28-18-10-12-26-15-18/h8-9,13,16,18H,5-7,10-12,14-15H2,1-4H3,(H2,22,23,24). The molecule has 0 amide bonds. The highest BCUT2D eigenvalue weighted by Gasteiger charge is 2.17. The first-order valence-corrected chi connectivity index (χ1v) is 10.1. The third kappa shape index (κ3) is 7.56. The van der Waals surface area contributed by atoms with E-state index in [0.29, 0.717) is 19.8 Å². The van der Waals surface area contributed by atoms with Crippen molar-refractivity contribution >= 4 is 5.96 Å². The maximum Gasteiger partial charge on any atom is 0.191 e. The van der Waals surface area contributed by atoms with Gasteiger partial charge in [-0.15, -0.1) is 0 Å². The van der Waals surface area contributed by atoms with E-state index in [2.05, 4.69) is 34.7 Å². The van der Waals surface area contributed by atoms with Gasteiger partial charge in [-0.1, -0.05) is 6.07 Å². The number of methoxy groups -OCH3 is 1. The Labute approximate surface area is 168 Å². The molecule has 1 aromatic rings. The Hall–Kier alpha value is -1.99. The summed E-state index contributed by atoms with van der Waals surface area (Å²) >= 11 is 0. The number of guanidine groups is 1. The van der Waals surface area contributed by atoms with Crippen LogP contribution in [-0.4, -0.2) is 65.2 Å². The lowest BCUT2D eigenvalue weighted by atomic mass is 10.1. The van der Waals surface area contributed by atoms with E-state index in [-0.39, 0.29) is 12.1 Å². The maximum atomic E-state index is 5.85. The molecule has 0 radical (unpaired) electrons. The van der Waals surface area contributed by atoms with E-state index in [1.54, 1.807) is 14.2 Å². The molecular weight excluding hydrogens is 358 g/mol. The smallest absolute Gasteiger partial charge is 0.191 e. The van der Waals surface area contributed by atoms with Crippen molar-refractivity contribution < 1.29 is 18.9 Å².